The molecule has 160 valence electrons. The average molecular weight is 458 g/mol. The van der Waals surface area contributed by atoms with Crippen molar-refractivity contribution >= 4 is 34.6 Å². The maximum absolute atomic E-state index is 14.0. The first-order valence-electron chi connectivity index (χ1n) is 10.2. The monoisotopic (exact) mass is 457 g/mol. The Balaban J connectivity index is 1.36. The Morgan fingerprint density at radius 3 is 2.65 bits per heavy atom. The molecule has 0 radical (unpaired) electrons. The molecule has 8 heteroatoms. The van der Waals surface area contributed by atoms with Gasteiger partial charge in [0.15, 0.2) is 10.8 Å². The Bertz CT molecular complexity index is 1090. The molecular formula is C23H21ClFN3O2S. The summed E-state index contributed by atoms with van der Waals surface area (Å²) in [5.41, 5.74) is 0.999. The number of hydrogen-bond acceptors (Lipinski definition) is 5. The van der Waals surface area contributed by atoms with Crippen molar-refractivity contribution < 1.29 is 14.0 Å². The second kappa shape index (κ2) is 9.66. The molecule has 3 aromatic rings. The summed E-state index contributed by atoms with van der Waals surface area (Å²) in [6.07, 6.45) is 2.10. The van der Waals surface area contributed by atoms with Crippen molar-refractivity contribution in [3.63, 3.8) is 0 Å². The fraction of sp³-hybridized carbons (Fsp3) is 0.304. The van der Waals surface area contributed by atoms with Crippen LogP contribution in [0, 0.1) is 5.82 Å². The van der Waals surface area contributed by atoms with E-state index in [2.05, 4.69) is 10.2 Å². The van der Waals surface area contributed by atoms with Gasteiger partial charge in [0.2, 0.25) is 5.91 Å². The minimum absolute atomic E-state index is 0.0362. The summed E-state index contributed by atoms with van der Waals surface area (Å²) < 4.78 is 14.0. The summed E-state index contributed by atoms with van der Waals surface area (Å²) >= 11 is 7.23. The van der Waals surface area contributed by atoms with E-state index in [1.165, 1.54) is 17.4 Å². The van der Waals surface area contributed by atoms with Gasteiger partial charge in [0.1, 0.15) is 10.8 Å². The minimum atomic E-state index is -0.323. The fourth-order valence-electron chi connectivity index (χ4n) is 3.71. The third kappa shape index (κ3) is 5.17. The number of ketones is 1. The molecule has 0 aliphatic carbocycles. The van der Waals surface area contributed by atoms with E-state index in [4.69, 9.17) is 11.6 Å². The van der Waals surface area contributed by atoms with E-state index < -0.39 is 0 Å². The highest BCUT2D eigenvalue weighted by Crippen LogP contribution is 2.33. The van der Waals surface area contributed by atoms with Crippen molar-refractivity contribution in [1.29, 1.82) is 0 Å². The van der Waals surface area contributed by atoms with Gasteiger partial charge in [-0.15, -0.1) is 10.2 Å². The molecule has 1 fully saturated rings. The molecule has 31 heavy (non-hydrogen) atoms. The van der Waals surface area contributed by atoms with E-state index in [1.807, 2.05) is 0 Å². The highest BCUT2D eigenvalue weighted by molar-refractivity contribution is 7.14. The fourth-order valence-corrected chi connectivity index (χ4v) is 4.83. The first-order valence-corrected chi connectivity index (χ1v) is 11.4. The number of likely N-dealkylation sites (tertiary alicyclic amines) is 1. The number of piperidine rings is 1. The number of aromatic nitrogens is 2. The van der Waals surface area contributed by atoms with Gasteiger partial charge in [-0.05, 0) is 49.2 Å². The molecule has 1 unspecified atom stereocenters. The third-order valence-electron chi connectivity index (χ3n) is 5.40. The lowest BCUT2D eigenvalue weighted by Gasteiger charge is -2.31. The molecule has 1 aliphatic heterocycles. The van der Waals surface area contributed by atoms with Crippen molar-refractivity contribution in [3.8, 4) is 10.6 Å². The van der Waals surface area contributed by atoms with Crippen LogP contribution in [-0.2, 0) is 4.79 Å². The van der Waals surface area contributed by atoms with Gasteiger partial charge in [-0.1, -0.05) is 35.1 Å². The molecule has 0 spiro atoms. The Morgan fingerprint density at radius 1 is 1.10 bits per heavy atom. The third-order valence-corrected chi connectivity index (χ3v) is 6.77. The molecule has 2 heterocycles. The molecule has 1 atom stereocenters. The van der Waals surface area contributed by atoms with Gasteiger partial charge >= 0.3 is 0 Å². The van der Waals surface area contributed by atoms with E-state index >= 15 is 0 Å². The lowest BCUT2D eigenvalue weighted by Crippen LogP contribution is -2.39. The van der Waals surface area contributed by atoms with Crippen molar-refractivity contribution in [2.24, 2.45) is 0 Å². The number of carbonyl (C=O) groups excluding carboxylic acids is 2. The first-order chi connectivity index (χ1) is 15.0. The van der Waals surface area contributed by atoms with Crippen LogP contribution in [0.3, 0.4) is 0 Å². The van der Waals surface area contributed by atoms with Crippen LogP contribution < -0.4 is 0 Å². The molecule has 0 saturated carbocycles. The molecule has 5 nitrogen and oxygen atoms in total. The first kappa shape index (κ1) is 21.6. The highest BCUT2D eigenvalue weighted by atomic mass is 35.5. The smallest absolute Gasteiger partial charge is 0.223 e. The Kier molecular flexibility index (Phi) is 6.73. The van der Waals surface area contributed by atoms with E-state index in [0.717, 1.165) is 17.8 Å². The van der Waals surface area contributed by atoms with Gasteiger partial charge in [0, 0.05) is 48.0 Å². The number of benzene rings is 2. The Hall–Kier alpha value is -2.64. The van der Waals surface area contributed by atoms with Crippen LogP contribution in [0.2, 0.25) is 5.02 Å². The molecule has 0 N–H and O–H groups in total. The molecule has 1 saturated heterocycles. The number of amides is 1. The number of halogens is 2. The SMILES string of the molecule is O=C(CCC(=O)N1CCCC(c2nnc(-c3ccccc3F)s2)C1)c1ccc(Cl)cc1. The van der Waals surface area contributed by atoms with E-state index in [9.17, 15) is 14.0 Å². The Labute approximate surface area is 188 Å². The zero-order valence-electron chi connectivity index (χ0n) is 16.8. The normalized spacial score (nSPS) is 16.3. The van der Waals surface area contributed by atoms with Gasteiger partial charge in [-0.3, -0.25) is 9.59 Å². The number of rotatable bonds is 6. The summed E-state index contributed by atoms with van der Waals surface area (Å²) in [4.78, 5) is 26.8. The zero-order valence-corrected chi connectivity index (χ0v) is 18.3. The number of Topliss-reactive ketones (excluding diaryl/α,β-unsaturated/α-hetero) is 1. The van der Waals surface area contributed by atoms with E-state index in [1.54, 1.807) is 47.4 Å². The summed E-state index contributed by atoms with van der Waals surface area (Å²) in [7, 11) is 0. The summed E-state index contributed by atoms with van der Waals surface area (Å²) in [5, 5.41) is 10.4. The van der Waals surface area contributed by atoms with Gasteiger partial charge in [0.05, 0.1) is 0 Å². The lowest BCUT2D eigenvalue weighted by atomic mass is 9.98. The molecule has 1 aromatic heterocycles. The average Bonchev–Trinajstić information content (AvgIpc) is 3.28. The standard InChI is InChI=1S/C23H21ClFN3O2S/c24-17-9-7-15(8-10-17)20(29)11-12-21(30)28-13-3-4-16(14-28)22-26-27-23(31-22)18-5-1-2-6-19(18)25/h1-2,5-10,16H,3-4,11-14H2. The predicted octanol–water partition coefficient (Wildman–Crippen LogP) is 5.37. The topological polar surface area (TPSA) is 63.2 Å². The summed E-state index contributed by atoms with van der Waals surface area (Å²) in [6.45, 7) is 1.21. The van der Waals surface area contributed by atoms with Crippen molar-refractivity contribution in [2.45, 2.75) is 31.6 Å². The van der Waals surface area contributed by atoms with Crippen LogP contribution >= 0.6 is 22.9 Å². The van der Waals surface area contributed by atoms with E-state index in [0.29, 0.717) is 34.2 Å². The summed E-state index contributed by atoms with van der Waals surface area (Å²) in [6, 6.07) is 13.2. The minimum Gasteiger partial charge on any atom is -0.342 e. The van der Waals surface area contributed by atoms with Gasteiger partial charge < -0.3 is 4.90 Å². The molecular weight excluding hydrogens is 437 g/mol. The molecule has 1 amide bonds. The second-order valence-electron chi connectivity index (χ2n) is 7.53. The van der Waals surface area contributed by atoms with Crippen molar-refractivity contribution in [1.82, 2.24) is 15.1 Å². The van der Waals surface area contributed by atoms with E-state index in [-0.39, 0.29) is 36.3 Å². The molecule has 1 aliphatic rings. The predicted molar refractivity (Wildman–Crippen MR) is 119 cm³/mol. The quantitative estimate of drug-likeness (QED) is 0.467. The van der Waals surface area contributed by atoms with Gasteiger partial charge in [0.25, 0.3) is 0 Å². The van der Waals surface area contributed by atoms with Crippen molar-refractivity contribution in [2.75, 3.05) is 13.1 Å². The van der Waals surface area contributed by atoms with Crippen LogP contribution in [-0.4, -0.2) is 39.9 Å². The number of nitrogens with zero attached hydrogens (tertiary/aromatic N) is 3. The Morgan fingerprint density at radius 2 is 1.87 bits per heavy atom. The van der Waals surface area contributed by atoms with Gasteiger partial charge in [-0.25, -0.2) is 4.39 Å². The second-order valence-corrected chi connectivity index (χ2v) is 8.98. The van der Waals surface area contributed by atoms with Crippen molar-refractivity contribution in [3.05, 3.63) is 69.9 Å². The zero-order chi connectivity index (χ0) is 21.8. The highest BCUT2D eigenvalue weighted by Gasteiger charge is 2.28. The van der Waals surface area contributed by atoms with Crippen LogP contribution in [0.25, 0.3) is 10.6 Å². The van der Waals surface area contributed by atoms with Crippen LogP contribution in [0.4, 0.5) is 4.39 Å². The van der Waals surface area contributed by atoms with Crippen LogP contribution in [0.1, 0.15) is 47.0 Å². The van der Waals surface area contributed by atoms with Gasteiger partial charge in [-0.2, -0.15) is 0 Å². The lowest BCUT2D eigenvalue weighted by molar-refractivity contribution is -0.132. The maximum Gasteiger partial charge on any atom is 0.223 e. The molecule has 4 rings (SSSR count). The van der Waals surface area contributed by atoms with Crippen LogP contribution in [0.5, 0.6) is 0 Å². The maximum atomic E-state index is 14.0. The van der Waals surface area contributed by atoms with Crippen LogP contribution in [0.15, 0.2) is 48.5 Å². The number of hydrogen-bond donors (Lipinski definition) is 0. The largest absolute Gasteiger partial charge is 0.342 e. The number of carbonyl (C=O) groups is 2. The molecule has 2 aromatic carbocycles. The summed E-state index contributed by atoms with van der Waals surface area (Å²) in [5.74, 6) is -0.359. The molecule has 0 bridgehead atoms.